The minimum absolute atomic E-state index is 0.215. The molecule has 2 nitrogen and oxygen atoms in total. The predicted octanol–water partition coefficient (Wildman–Crippen LogP) is 4.40. The van der Waals surface area contributed by atoms with E-state index in [1.165, 1.54) is 44.6 Å². The molecule has 0 bridgehead atoms. The van der Waals surface area contributed by atoms with Crippen LogP contribution in [0.3, 0.4) is 0 Å². The zero-order valence-corrected chi connectivity index (χ0v) is 16.3. The van der Waals surface area contributed by atoms with Gasteiger partial charge >= 0.3 is 0 Å². The van der Waals surface area contributed by atoms with E-state index in [2.05, 4.69) is 70.4 Å². The molecule has 0 unspecified atom stereocenters. The van der Waals surface area contributed by atoms with Crippen molar-refractivity contribution < 1.29 is 0 Å². The molecule has 1 aliphatic rings. The number of nitrogens with one attached hydrogen (secondary N) is 1. The average molecular weight is 315 g/mol. The molecule has 0 amide bonds. The van der Waals surface area contributed by atoms with Crippen molar-refractivity contribution in [1.82, 2.24) is 10.2 Å². The Morgan fingerprint density at radius 3 is 2.24 bits per heavy atom. The first-order valence-corrected chi connectivity index (χ1v) is 9.71. The number of hydrogen-bond donors (Lipinski definition) is 1. The third kappa shape index (κ3) is 6.92. The Bertz CT molecular complexity index is 303. The molecule has 0 saturated carbocycles. The van der Waals surface area contributed by atoms with Gasteiger partial charge in [-0.05, 0) is 52.0 Å². The Morgan fingerprint density at radius 1 is 1.10 bits per heavy atom. The van der Waals surface area contributed by atoms with E-state index >= 15 is 0 Å². The van der Waals surface area contributed by atoms with Gasteiger partial charge in [-0.1, -0.05) is 27.7 Å². The van der Waals surface area contributed by atoms with Crippen LogP contribution in [0.1, 0.15) is 67.7 Å². The second kappa shape index (κ2) is 7.70. The zero-order chi connectivity index (χ0) is 16.1. The van der Waals surface area contributed by atoms with Gasteiger partial charge in [-0.2, -0.15) is 11.8 Å². The summed E-state index contributed by atoms with van der Waals surface area (Å²) in [6, 6.07) is 0. The maximum atomic E-state index is 3.75. The summed E-state index contributed by atoms with van der Waals surface area (Å²) in [5.74, 6) is 1.28. The molecule has 21 heavy (non-hydrogen) atoms. The molecule has 3 heteroatoms. The van der Waals surface area contributed by atoms with Crippen molar-refractivity contribution >= 4 is 11.8 Å². The number of rotatable bonds is 6. The Morgan fingerprint density at radius 2 is 1.71 bits per heavy atom. The molecule has 1 heterocycles. The van der Waals surface area contributed by atoms with Crippen molar-refractivity contribution in [3.8, 4) is 0 Å². The molecule has 1 rings (SSSR count). The largest absolute Gasteiger partial charge is 0.311 e. The summed E-state index contributed by atoms with van der Waals surface area (Å²) in [5, 5.41) is 3.75. The number of nitrogens with zero attached hydrogens (tertiary/aromatic N) is 1. The standard InChI is InChI=1S/C18H38N2S/c1-8-18(9-2,14-19-16(3,4)5)15-20-11-10-17(6,7)21-13-12-20/h19H,8-15H2,1-7H3. The Kier molecular flexibility index (Phi) is 7.08. The van der Waals surface area contributed by atoms with E-state index in [4.69, 9.17) is 0 Å². The van der Waals surface area contributed by atoms with Gasteiger partial charge < -0.3 is 10.2 Å². The quantitative estimate of drug-likeness (QED) is 0.782. The van der Waals surface area contributed by atoms with Gasteiger partial charge in [0, 0.05) is 35.7 Å². The van der Waals surface area contributed by atoms with Gasteiger partial charge in [0.15, 0.2) is 0 Å². The van der Waals surface area contributed by atoms with E-state index in [0.29, 0.717) is 10.2 Å². The summed E-state index contributed by atoms with van der Waals surface area (Å²) in [4.78, 5) is 2.72. The second-order valence-corrected chi connectivity index (χ2v) is 10.2. The zero-order valence-electron chi connectivity index (χ0n) is 15.5. The highest BCUT2D eigenvalue weighted by atomic mass is 32.2. The van der Waals surface area contributed by atoms with Crippen LogP contribution in [-0.2, 0) is 0 Å². The molecule has 126 valence electrons. The minimum Gasteiger partial charge on any atom is -0.311 e. The van der Waals surface area contributed by atoms with Crippen molar-refractivity contribution in [2.24, 2.45) is 5.41 Å². The summed E-state index contributed by atoms with van der Waals surface area (Å²) in [7, 11) is 0. The Labute approximate surface area is 137 Å². The van der Waals surface area contributed by atoms with Crippen molar-refractivity contribution in [3.63, 3.8) is 0 Å². The van der Waals surface area contributed by atoms with Gasteiger partial charge in [-0.3, -0.25) is 0 Å². The lowest BCUT2D eigenvalue weighted by molar-refractivity contribution is 0.129. The van der Waals surface area contributed by atoms with Crippen LogP contribution in [0, 0.1) is 5.41 Å². The van der Waals surface area contributed by atoms with Gasteiger partial charge in [0.1, 0.15) is 0 Å². The number of thioether (sulfide) groups is 1. The molecule has 1 fully saturated rings. The van der Waals surface area contributed by atoms with Crippen LogP contribution in [0.2, 0.25) is 0 Å². The van der Waals surface area contributed by atoms with E-state index in [-0.39, 0.29) is 5.54 Å². The third-order valence-corrected chi connectivity index (χ3v) is 6.36. The van der Waals surface area contributed by atoms with E-state index in [0.717, 1.165) is 6.54 Å². The molecule has 0 atom stereocenters. The van der Waals surface area contributed by atoms with Crippen LogP contribution >= 0.6 is 11.8 Å². The van der Waals surface area contributed by atoms with Gasteiger partial charge in [0.2, 0.25) is 0 Å². The predicted molar refractivity (Wildman–Crippen MR) is 98.4 cm³/mol. The highest BCUT2D eigenvalue weighted by Gasteiger charge is 2.32. The first kappa shape index (κ1) is 19.3. The van der Waals surface area contributed by atoms with Crippen molar-refractivity contribution in [1.29, 1.82) is 0 Å². The molecule has 0 spiro atoms. The molecule has 1 saturated heterocycles. The molecule has 0 aromatic rings. The molecule has 1 N–H and O–H groups in total. The van der Waals surface area contributed by atoms with Crippen LogP contribution in [-0.4, -0.2) is 47.1 Å². The van der Waals surface area contributed by atoms with E-state index in [1.807, 2.05) is 0 Å². The summed E-state index contributed by atoms with van der Waals surface area (Å²) < 4.78 is 0.458. The van der Waals surface area contributed by atoms with Crippen LogP contribution in [0.5, 0.6) is 0 Å². The third-order valence-electron chi connectivity index (χ3n) is 4.98. The molecule has 0 radical (unpaired) electrons. The van der Waals surface area contributed by atoms with Crippen LogP contribution in [0.25, 0.3) is 0 Å². The second-order valence-electron chi connectivity index (χ2n) is 8.44. The topological polar surface area (TPSA) is 15.3 Å². The van der Waals surface area contributed by atoms with Crippen molar-refractivity contribution in [2.75, 3.05) is 31.9 Å². The van der Waals surface area contributed by atoms with Gasteiger partial charge in [-0.25, -0.2) is 0 Å². The summed E-state index contributed by atoms with van der Waals surface area (Å²) >= 11 is 2.15. The first-order chi connectivity index (χ1) is 9.61. The maximum Gasteiger partial charge on any atom is 0.0116 e. The lowest BCUT2D eigenvalue weighted by Gasteiger charge is -2.39. The maximum absolute atomic E-state index is 3.75. The van der Waals surface area contributed by atoms with Crippen molar-refractivity contribution in [3.05, 3.63) is 0 Å². The van der Waals surface area contributed by atoms with Crippen molar-refractivity contribution in [2.45, 2.75) is 78.0 Å². The van der Waals surface area contributed by atoms with E-state index in [1.54, 1.807) is 0 Å². The van der Waals surface area contributed by atoms with E-state index < -0.39 is 0 Å². The fourth-order valence-electron chi connectivity index (χ4n) is 2.93. The summed E-state index contributed by atoms with van der Waals surface area (Å²) in [6.45, 7) is 21.2. The monoisotopic (exact) mass is 314 g/mol. The average Bonchev–Trinajstić information content (AvgIpc) is 2.55. The van der Waals surface area contributed by atoms with Crippen LogP contribution < -0.4 is 5.32 Å². The lowest BCUT2D eigenvalue weighted by atomic mass is 9.80. The summed E-state index contributed by atoms with van der Waals surface area (Å²) in [6.07, 6.45) is 3.84. The highest BCUT2D eigenvalue weighted by Crippen LogP contribution is 2.33. The fraction of sp³-hybridized carbons (Fsp3) is 1.00. The molecule has 0 aromatic carbocycles. The number of hydrogen-bond acceptors (Lipinski definition) is 3. The molecular weight excluding hydrogens is 276 g/mol. The lowest BCUT2D eigenvalue weighted by Crippen LogP contribution is -2.49. The first-order valence-electron chi connectivity index (χ1n) is 8.73. The molecule has 0 aromatic heterocycles. The molecule has 0 aliphatic carbocycles. The van der Waals surface area contributed by atoms with Gasteiger partial charge in [0.05, 0.1) is 0 Å². The van der Waals surface area contributed by atoms with Crippen LogP contribution in [0.15, 0.2) is 0 Å². The SMILES string of the molecule is CCC(CC)(CNC(C)(C)C)CN1CCSC(C)(C)CC1. The Hall–Kier alpha value is 0.270. The minimum atomic E-state index is 0.215. The fourth-order valence-corrected chi connectivity index (χ4v) is 4.06. The van der Waals surface area contributed by atoms with Gasteiger partial charge in [0.25, 0.3) is 0 Å². The molecular formula is C18H38N2S. The van der Waals surface area contributed by atoms with Crippen LogP contribution in [0.4, 0.5) is 0 Å². The molecule has 1 aliphatic heterocycles. The normalized spacial score (nSPS) is 21.3. The summed E-state index contributed by atoms with van der Waals surface area (Å²) in [5.41, 5.74) is 0.638. The van der Waals surface area contributed by atoms with E-state index in [9.17, 15) is 0 Å². The smallest absolute Gasteiger partial charge is 0.0116 e. The Balaban J connectivity index is 2.64. The highest BCUT2D eigenvalue weighted by molar-refractivity contribution is 8.00. The van der Waals surface area contributed by atoms with Gasteiger partial charge in [-0.15, -0.1) is 0 Å².